The van der Waals surface area contributed by atoms with Gasteiger partial charge >= 0.3 is 0 Å². The fourth-order valence-electron chi connectivity index (χ4n) is 2.53. The quantitative estimate of drug-likeness (QED) is 0.838. The Morgan fingerprint density at radius 2 is 2.20 bits per heavy atom. The van der Waals surface area contributed by atoms with Crippen molar-refractivity contribution in [2.45, 2.75) is 52.2 Å². The maximum absolute atomic E-state index is 5.70. The van der Waals surface area contributed by atoms with Crippen LogP contribution in [0.5, 0.6) is 0 Å². The minimum atomic E-state index is 0.405. The lowest BCUT2D eigenvalue weighted by Crippen LogP contribution is -2.36. The number of rotatable bonds is 7. The average Bonchev–Trinajstić information content (AvgIpc) is 2.96. The summed E-state index contributed by atoms with van der Waals surface area (Å²) in [4.78, 5) is 8.34. The summed E-state index contributed by atoms with van der Waals surface area (Å²) in [6.07, 6.45) is 5.88. The predicted molar refractivity (Wildman–Crippen MR) is 85.7 cm³/mol. The van der Waals surface area contributed by atoms with Crippen LogP contribution in [0.25, 0.3) is 0 Å². The number of nitrogens with one attached hydrogen (secondary N) is 1. The van der Waals surface area contributed by atoms with Gasteiger partial charge in [-0.1, -0.05) is 6.92 Å². The van der Waals surface area contributed by atoms with Crippen molar-refractivity contribution in [3.63, 3.8) is 0 Å². The Morgan fingerprint density at radius 3 is 2.85 bits per heavy atom. The van der Waals surface area contributed by atoms with E-state index in [-0.39, 0.29) is 0 Å². The van der Waals surface area contributed by atoms with E-state index in [2.05, 4.69) is 36.0 Å². The van der Waals surface area contributed by atoms with E-state index in [1.54, 1.807) is 0 Å². The molecule has 0 spiro atoms. The van der Waals surface area contributed by atoms with E-state index < -0.39 is 0 Å². The van der Waals surface area contributed by atoms with Gasteiger partial charge in [0.15, 0.2) is 5.13 Å². The van der Waals surface area contributed by atoms with Crippen LogP contribution in [0.3, 0.4) is 0 Å². The van der Waals surface area contributed by atoms with E-state index in [0.717, 1.165) is 39.1 Å². The molecule has 1 fully saturated rings. The molecule has 0 saturated carbocycles. The zero-order chi connectivity index (χ0) is 14.4. The Bertz CT molecular complexity index is 388. The van der Waals surface area contributed by atoms with Gasteiger partial charge in [0.2, 0.25) is 0 Å². The molecule has 1 aromatic rings. The topological polar surface area (TPSA) is 37.4 Å². The zero-order valence-electron chi connectivity index (χ0n) is 12.9. The lowest BCUT2D eigenvalue weighted by atomic mass is 10.1. The molecule has 0 aromatic carbocycles. The molecule has 1 atom stereocenters. The summed E-state index contributed by atoms with van der Waals surface area (Å²) >= 11 is 1.82. The largest absolute Gasteiger partial charge is 0.378 e. The molecular weight excluding hydrogens is 270 g/mol. The Hall–Kier alpha value is -0.650. The number of nitrogens with zero attached hydrogens (tertiary/aromatic N) is 2. The molecule has 2 rings (SSSR count). The maximum atomic E-state index is 5.70. The summed E-state index contributed by atoms with van der Waals surface area (Å²) < 4.78 is 5.70. The molecule has 0 radical (unpaired) electrons. The highest BCUT2D eigenvalue weighted by atomic mass is 32.1. The predicted octanol–water partition coefficient (Wildman–Crippen LogP) is 3.21. The summed E-state index contributed by atoms with van der Waals surface area (Å²) in [7, 11) is 0. The SMILES string of the molecule is CCCNC(C)c1cnc(N2CCC(OCC)CC2)s1. The molecule has 1 N–H and O–H groups in total. The van der Waals surface area contributed by atoms with Crippen molar-refractivity contribution >= 4 is 16.5 Å². The molecule has 5 heteroatoms. The van der Waals surface area contributed by atoms with Crippen LogP contribution in [0.4, 0.5) is 5.13 Å². The van der Waals surface area contributed by atoms with Crippen LogP contribution in [0.15, 0.2) is 6.20 Å². The highest BCUT2D eigenvalue weighted by Crippen LogP contribution is 2.29. The molecule has 0 bridgehead atoms. The van der Waals surface area contributed by atoms with Crippen molar-refractivity contribution < 1.29 is 4.74 Å². The average molecular weight is 297 g/mol. The second kappa shape index (κ2) is 7.96. The van der Waals surface area contributed by atoms with Gasteiger partial charge in [0.05, 0.1) is 6.10 Å². The van der Waals surface area contributed by atoms with Gasteiger partial charge in [0, 0.05) is 36.8 Å². The molecule has 114 valence electrons. The number of hydrogen-bond acceptors (Lipinski definition) is 5. The molecule has 4 nitrogen and oxygen atoms in total. The van der Waals surface area contributed by atoms with Crippen LogP contribution in [-0.4, -0.2) is 37.3 Å². The number of aromatic nitrogens is 1. The third kappa shape index (κ3) is 4.17. The first kappa shape index (κ1) is 15.7. The molecule has 1 unspecified atom stereocenters. The number of thiazole rings is 1. The van der Waals surface area contributed by atoms with Gasteiger partial charge in [-0.15, -0.1) is 11.3 Å². The first-order valence-electron chi connectivity index (χ1n) is 7.80. The minimum absolute atomic E-state index is 0.405. The first-order valence-corrected chi connectivity index (χ1v) is 8.61. The zero-order valence-corrected chi connectivity index (χ0v) is 13.7. The summed E-state index contributed by atoms with van der Waals surface area (Å²) in [5.41, 5.74) is 0. The molecule has 1 aromatic heterocycles. The van der Waals surface area contributed by atoms with Crippen molar-refractivity contribution in [3.05, 3.63) is 11.1 Å². The molecular formula is C15H27N3OS. The number of hydrogen-bond donors (Lipinski definition) is 1. The van der Waals surface area contributed by atoms with Crippen LogP contribution in [-0.2, 0) is 4.74 Å². The lowest BCUT2D eigenvalue weighted by Gasteiger charge is -2.31. The van der Waals surface area contributed by atoms with Gasteiger partial charge in [-0.3, -0.25) is 0 Å². The number of anilines is 1. The third-order valence-corrected chi connectivity index (χ3v) is 4.99. The van der Waals surface area contributed by atoms with E-state index in [0.29, 0.717) is 12.1 Å². The van der Waals surface area contributed by atoms with Crippen molar-refractivity contribution in [2.75, 3.05) is 31.1 Å². The molecule has 1 aliphatic heterocycles. The van der Waals surface area contributed by atoms with Crippen LogP contribution in [0.1, 0.15) is 51.0 Å². The molecule has 20 heavy (non-hydrogen) atoms. The van der Waals surface area contributed by atoms with Gasteiger partial charge < -0.3 is 15.0 Å². The minimum Gasteiger partial charge on any atom is -0.378 e. The summed E-state index contributed by atoms with van der Waals surface area (Å²) in [5.74, 6) is 0. The highest BCUT2D eigenvalue weighted by molar-refractivity contribution is 7.15. The molecule has 1 saturated heterocycles. The van der Waals surface area contributed by atoms with E-state index in [4.69, 9.17) is 4.74 Å². The fourth-order valence-corrected chi connectivity index (χ4v) is 3.53. The van der Waals surface area contributed by atoms with Crippen LogP contribution >= 0.6 is 11.3 Å². The normalized spacial score (nSPS) is 18.4. The lowest BCUT2D eigenvalue weighted by molar-refractivity contribution is 0.0459. The van der Waals surface area contributed by atoms with Gasteiger partial charge in [-0.2, -0.15) is 0 Å². The number of ether oxygens (including phenoxy) is 1. The summed E-state index contributed by atoms with van der Waals surface area (Å²) in [5, 5.41) is 4.69. The molecule has 0 amide bonds. The van der Waals surface area contributed by atoms with Crippen LogP contribution in [0, 0.1) is 0 Å². The third-order valence-electron chi connectivity index (χ3n) is 3.75. The van der Waals surface area contributed by atoms with Crippen molar-refractivity contribution in [3.8, 4) is 0 Å². The van der Waals surface area contributed by atoms with E-state index >= 15 is 0 Å². The summed E-state index contributed by atoms with van der Waals surface area (Å²) in [6.45, 7) is 10.5. The second-order valence-corrected chi connectivity index (χ2v) is 6.40. The molecule has 1 aliphatic rings. The first-order chi connectivity index (χ1) is 9.74. The van der Waals surface area contributed by atoms with Gasteiger partial charge in [0.25, 0.3) is 0 Å². The van der Waals surface area contributed by atoms with Crippen LogP contribution < -0.4 is 10.2 Å². The Labute approximate surface area is 126 Å². The smallest absolute Gasteiger partial charge is 0.185 e. The van der Waals surface area contributed by atoms with Crippen molar-refractivity contribution in [2.24, 2.45) is 0 Å². The van der Waals surface area contributed by atoms with Gasteiger partial charge in [0.1, 0.15) is 0 Å². The number of piperidine rings is 1. The van der Waals surface area contributed by atoms with Crippen molar-refractivity contribution in [1.29, 1.82) is 0 Å². The standard InChI is InChI=1S/C15H27N3OS/c1-4-8-16-12(3)14-11-17-15(20-14)18-9-6-13(7-10-18)19-5-2/h11-13,16H,4-10H2,1-3H3. The van der Waals surface area contributed by atoms with Gasteiger partial charge in [-0.25, -0.2) is 4.98 Å². The highest BCUT2D eigenvalue weighted by Gasteiger charge is 2.22. The molecule has 0 aliphatic carbocycles. The Morgan fingerprint density at radius 1 is 1.45 bits per heavy atom. The van der Waals surface area contributed by atoms with E-state index in [1.165, 1.54) is 16.4 Å². The van der Waals surface area contributed by atoms with Crippen molar-refractivity contribution in [1.82, 2.24) is 10.3 Å². The monoisotopic (exact) mass is 297 g/mol. The van der Waals surface area contributed by atoms with Crippen LogP contribution in [0.2, 0.25) is 0 Å². The second-order valence-electron chi connectivity index (χ2n) is 5.36. The Balaban J connectivity index is 1.86. The van der Waals surface area contributed by atoms with E-state index in [1.807, 2.05) is 17.5 Å². The fraction of sp³-hybridized carbons (Fsp3) is 0.800. The Kier molecular flexibility index (Phi) is 6.26. The molecule has 2 heterocycles. The summed E-state index contributed by atoms with van der Waals surface area (Å²) in [6, 6.07) is 0.405. The van der Waals surface area contributed by atoms with Gasteiger partial charge in [-0.05, 0) is 39.7 Å². The maximum Gasteiger partial charge on any atom is 0.185 e. The van der Waals surface area contributed by atoms with E-state index in [9.17, 15) is 0 Å².